The lowest BCUT2D eigenvalue weighted by Gasteiger charge is -2.10. The van der Waals surface area contributed by atoms with Crippen LogP contribution in [0.3, 0.4) is 0 Å². The van der Waals surface area contributed by atoms with Crippen molar-refractivity contribution < 1.29 is 14.8 Å². The summed E-state index contributed by atoms with van der Waals surface area (Å²) in [5.74, 6) is 0.707. The monoisotopic (exact) mass is 288 g/mol. The molecule has 0 saturated heterocycles. The van der Waals surface area contributed by atoms with Crippen LogP contribution in [0.25, 0.3) is 0 Å². The Bertz CT molecular complexity index is 611. The second-order valence-corrected chi connectivity index (χ2v) is 4.98. The summed E-state index contributed by atoms with van der Waals surface area (Å²) in [4.78, 5) is 0. The van der Waals surface area contributed by atoms with Gasteiger partial charge in [-0.2, -0.15) is 5.10 Å². The highest BCUT2D eigenvalue weighted by Crippen LogP contribution is 2.15. The van der Waals surface area contributed by atoms with Crippen molar-refractivity contribution in [1.29, 1.82) is 0 Å². The average molecular weight is 288 g/mol. The highest BCUT2D eigenvalue weighted by atomic mass is 16.5. The standard InChI is InChI=1S/C15H21BN2O3/c1-4-12-9-13(18(5-2)17-12)10-21-14-6-7-15(16(19)20)11(3)8-14/h6-9,19-20H,4-5,10H2,1-3H3. The lowest BCUT2D eigenvalue weighted by Crippen LogP contribution is -2.31. The van der Waals surface area contributed by atoms with E-state index in [0.717, 1.165) is 29.9 Å². The number of ether oxygens (including phenoxy) is 1. The minimum absolute atomic E-state index is 0.446. The molecule has 0 atom stereocenters. The maximum Gasteiger partial charge on any atom is 0.488 e. The van der Waals surface area contributed by atoms with Crippen LogP contribution in [0.1, 0.15) is 30.8 Å². The van der Waals surface area contributed by atoms with Crippen molar-refractivity contribution in [3.05, 3.63) is 41.2 Å². The van der Waals surface area contributed by atoms with Gasteiger partial charge in [-0.1, -0.05) is 13.0 Å². The summed E-state index contributed by atoms with van der Waals surface area (Å²) in [6.45, 7) is 7.22. The van der Waals surface area contributed by atoms with Crippen molar-refractivity contribution >= 4 is 12.6 Å². The van der Waals surface area contributed by atoms with Crippen LogP contribution in [0.2, 0.25) is 0 Å². The molecule has 0 aliphatic carbocycles. The molecular formula is C15H21BN2O3. The van der Waals surface area contributed by atoms with Crippen LogP contribution in [0.15, 0.2) is 24.3 Å². The van der Waals surface area contributed by atoms with Gasteiger partial charge in [0.1, 0.15) is 12.4 Å². The Labute approximate surface area is 125 Å². The molecule has 0 saturated carbocycles. The third kappa shape index (κ3) is 3.65. The van der Waals surface area contributed by atoms with E-state index in [9.17, 15) is 10.0 Å². The number of hydrogen-bond acceptors (Lipinski definition) is 4. The molecule has 0 bridgehead atoms. The van der Waals surface area contributed by atoms with Crippen LogP contribution in [0.5, 0.6) is 5.75 Å². The summed E-state index contributed by atoms with van der Waals surface area (Å²) in [6, 6.07) is 7.28. The van der Waals surface area contributed by atoms with Crippen molar-refractivity contribution in [1.82, 2.24) is 9.78 Å². The lowest BCUT2D eigenvalue weighted by molar-refractivity contribution is 0.292. The molecule has 2 rings (SSSR count). The van der Waals surface area contributed by atoms with Gasteiger partial charge < -0.3 is 14.8 Å². The first-order valence-electron chi connectivity index (χ1n) is 7.20. The van der Waals surface area contributed by atoms with Crippen molar-refractivity contribution in [3.8, 4) is 5.75 Å². The summed E-state index contributed by atoms with van der Waals surface area (Å²) in [5, 5.41) is 22.9. The second kappa shape index (κ2) is 6.78. The fourth-order valence-corrected chi connectivity index (χ4v) is 2.26. The molecule has 1 heterocycles. The minimum atomic E-state index is -1.45. The van der Waals surface area contributed by atoms with Crippen LogP contribution in [0.4, 0.5) is 0 Å². The van der Waals surface area contributed by atoms with Crippen molar-refractivity contribution in [2.75, 3.05) is 0 Å². The van der Waals surface area contributed by atoms with Crippen molar-refractivity contribution in [2.24, 2.45) is 0 Å². The number of aromatic nitrogens is 2. The van der Waals surface area contributed by atoms with Gasteiger partial charge in [0.05, 0.1) is 11.4 Å². The van der Waals surface area contributed by atoms with E-state index in [1.54, 1.807) is 12.1 Å². The third-order valence-electron chi connectivity index (χ3n) is 3.48. The molecule has 112 valence electrons. The molecule has 6 heteroatoms. The Kier molecular flexibility index (Phi) is 5.04. The quantitative estimate of drug-likeness (QED) is 0.779. The maximum atomic E-state index is 9.20. The summed E-state index contributed by atoms with van der Waals surface area (Å²) >= 11 is 0. The van der Waals surface area contributed by atoms with E-state index in [2.05, 4.69) is 25.0 Å². The molecule has 2 N–H and O–H groups in total. The third-order valence-corrected chi connectivity index (χ3v) is 3.48. The fourth-order valence-electron chi connectivity index (χ4n) is 2.26. The Balaban J connectivity index is 2.09. The number of hydrogen-bond donors (Lipinski definition) is 2. The van der Waals surface area contributed by atoms with Crippen molar-refractivity contribution in [2.45, 2.75) is 40.3 Å². The van der Waals surface area contributed by atoms with Crippen LogP contribution < -0.4 is 10.2 Å². The topological polar surface area (TPSA) is 67.5 Å². The van der Waals surface area contributed by atoms with Gasteiger partial charge in [-0.15, -0.1) is 0 Å². The van der Waals surface area contributed by atoms with Gasteiger partial charge in [0.25, 0.3) is 0 Å². The second-order valence-electron chi connectivity index (χ2n) is 4.98. The first-order chi connectivity index (χ1) is 10.0. The molecular weight excluding hydrogens is 267 g/mol. The maximum absolute atomic E-state index is 9.20. The number of aryl methyl sites for hydroxylation is 3. The van der Waals surface area contributed by atoms with Gasteiger partial charge in [-0.05, 0) is 49.5 Å². The molecule has 0 radical (unpaired) electrons. The lowest BCUT2D eigenvalue weighted by atomic mass is 9.77. The molecule has 2 aromatic rings. The van der Waals surface area contributed by atoms with E-state index < -0.39 is 7.12 Å². The Morgan fingerprint density at radius 3 is 2.57 bits per heavy atom. The predicted octanol–water partition coefficient (Wildman–Crippen LogP) is 1.03. The molecule has 0 unspecified atom stereocenters. The molecule has 1 aromatic heterocycles. The Hall–Kier alpha value is -1.79. The van der Waals surface area contributed by atoms with Gasteiger partial charge in [-0.25, -0.2) is 0 Å². The van der Waals surface area contributed by atoms with Crippen molar-refractivity contribution in [3.63, 3.8) is 0 Å². The highest BCUT2D eigenvalue weighted by Gasteiger charge is 2.14. The van der Waals surface area contributed by atoms with Gasteiger partial charge in [0, 0.05) is 6.54 Å². The van der Waals surface area contributed by atoms with E-state index in [0.29, 0.717) is 17.8 Å². The smallest absolute Gasteiger partial charge is 0.487 e. The van der Waals surface area contributed by atoms with Gasteiger partial charge in [0.2, 0.25) is 0 Å². The normalized spacial score (nSPS) is 10.7. The molecule has 0 aliphatic heterocycles. The van der Waals surface area contributed by atoms with E-state index in [1.807, 2.05) is 17.7 Å². The Morgan fingerprint density at radius 1 is 1.24 bits per heavy atom. The predicted molar refractivity (Wildman–Crippen MR) is 82.6 cm³/mol. The first kappa shape index (κ1) is 15.6. The molecule has 21 heavy (non-hydrogen) atoms. The van der Waals surface area contributed by atoms with E-state index in [1.165, 1.54) is 0 Å². The molecule has 0 amide bonds. The Morgan fingerprint density at radius 2 is 2.00 bits per heavy atom. The number of rotatable bonds is 6. The first-order valence-corrected chi connectivity index (χ1v) is 7.20. The van der Waals surface area contributed by atoms with E-state index >= 15 is 0 Å². The minimum Gasteiger partial charge on any atom is -0.487 e. The summed E-state index contributed by atoms with van der Waals surface area (Å²) in [7, 11) is -1.45. The van der Waals surface area contributed by atoms with E-state index in [4.69, 9.17) is 4.74 Å². The number of nitrogens with zero attached hydrogens (tertiary/aromatic N) is 2. The van der Waals surface area contributed by atoms with Gasteiger partial charge in [-0.3, -0.25) is 4.68 Å². The average Bonchev–Trinajstić information content (AvgIpc) is 2.87. The molecule has 0 aliphatic rings. The fraction of sp³-hybridized carbons (Fsp3) is 0.400. The van der Waals surface area contributed by atoms with Crippen LogP contribution in [0, 0.1) is 6.92 Å². The van der Waals surface area contributed by atoms with E-state index in [-0.39, 0.29) is 0 Å². The summed E-state index contributed by atoms with van der Waals surface area (Å²) < 4.78 is 7.73. The summed E-state index contributed by atoms with van der Waals surface area (Å²) in [5.41, 5.74) is 3.39. The largest absolute Gasteiger partial charge is 0.488 e. The van der Waals surface area contributed by atoms with Gasteiger partial charge in [0.15, 0.2) is 0 Å². The zero-order valence-electron chi connectivity index (χ0n) is 12.7. The molecule has 0 fully saturated rings. The highest BCUT2D eigenvalue weighted by molar-refractivity contribution is 6.59. The van der Waals surface area contributed by atoms with Crippen LogP contribution in [-0.4, -0.2) is 26.9 Å². The molecule has 1 aromatic carbocycles. The van der Waals surface area contributed by atoms with Gasteiger partial charge >= 0.3 is 7.12 Å². The zero-order chi connectivity index (χ0) is 15.4. The number of benzene rings is 1. The summed E-state index contributed by atoms with van der Waals surface area (Å²) in [6.07, 6.45) is 0.905. The van der Waals surface area contributed by atoms with Crippen LogP contribution >= 0.6 is 0 Å². The van der Waals surface area contributed by atoms with Crippen LogP contribution in [-0.2, 0) is 19.6 Å². The SMILES string of the molecule is CCc1cc(COc2ccc(B(O)O)c(C)c2)n(CC)n1. The molecule has 0 spiro atoms. The zero-order valence-corrected chi connectivity index (χ0v) is 12.7. The molecule has 5 nitrogen and oxygen atoms in total.